The molecule has 1 spiro atoms. The van der Waals surface area contributed by atoms with Crippen molar-refractivity contribution in [2.75, 3.05) is 26.7 Å². The minimum Gasteiger partial charge on any atom is -0.388 e. The first-order chi connectivity index (χ1) is 15.0. The van der Waals surface area contributed by atoms with Gasteiger partial charge in [-0.05, 0) is 71.4 Å². The average molecular weight is 443 g/mol. The van der Waals surface area contributed by atoms with E-state index in [9.17, 15) is 14.7 Å². The van der Waals surface area contributed by atoms with Crippen molar-refractivity contribution in [1.29, 1.82) is 0 Å². The van der Waals surface area contributed by atoms with Crippen LogP contribution in [0.25, 0.3) is 0 Å². The molecule has 7 nitrogen and oxygen atoms in total. The molecular formula is C25H38N4O3. The fraction of sp³-hybridized carbons (Fsp3) is 0.680. The zero-order valence-electron chi connectivity index (χ0n) is 19.7. The second-order valence-corrected chi connectivity index (χ2v) is 11.0. The Kier molecular flexibility index (Phi) is 5.78. The lowest BCUT2D eigenvalue weighted by Gasteiger charge is -2.50. The fourth-order valence-corrected chi connectivity index (χ4v) is 5.84. The summed E-state index contributed by atoms with van der Waals surface area (Å²) in [6, 6.07) is 10.5. The fourth-order valence-electron chi connectivity index (χ4n) is 5.84. The van der Waals surface area contributed by atoms with Gasteiger partial charge in [-0.2, -0.15) is 0 Å². The van der Waals surface area contributed by atoms with E-state index < -0.39 is 16.9 Å². The van der Waals surface area contributed by atoms with Gasteiger partial charge in [0.15, 0.2) is 0 Å². The topological polar surface area (TPSA) is 98.9 Å². The van der Waals surface area contributed by atoms with Gasteiger partial charge in [0.25, 0.3) is 0 Å². The maximum atomic E-state index is 13.6. The summed E-state index contributed by atoms with van der Waals surface area (Å²) < 4.78 is 0. The third-order valence-corrected chi connectivity index (χ3v) is 8.39. The molecule has 2 saturated carbocycles. The maximum absolute atomic E-state index is 13.6. The van der Waals surface area contributed by atoms with Crippen LogP contribution in [-0.4, -0.2) is 64.7 Å². The van der Waals surface area contributed by atoms with Crippen LogP contribution in [0, 0.1) is 5.41 Å². The number of hydrogen-bond acceptors (Lipinski definition) is 4. The highest BCUT2D eigenvalue weighted by Gasteiger charge is 2.56. The van der Waals surface area contributed by atoms with E-state index in [-0.39, 0.29) is 17.1 Å². The number of rotatable bonds is 7. The molecular weight excluding hydrogens is 404 g/mol. The van der Waals surface area contributed by atoms with Gasteiger partial charge in [0.05, 0.1) is 23.1 Å². The van der Waals surface area contributed by atoms with Crippen molar-refractivity contribution < 1.29 is 14.7 Å². The summed E-state index contributed by atoms with van der Waals surface area (Å²) in [5.74, 6) is -0.405. The van der Waals surface area contributed by atoms with Crippen molar-refractivity contribution in [3.05, 3.63) is 35.9 Å². The number of hydrogen-bond donors (Lipinski definition) is 3. The van der Waals surface area contributed by atoms with E-state index in [1.807, 2.05) is 18.0 Å². The Morgan fingerprint density at radius 1 is 1.12 bits per heavy atom. The van der Waals surface area contributed by atoms with Gasteiger partial charge in [-0.1, -0.05) is 30.3 Å². The molecule has 1 aliphatic heterocycles. The second-order valence-electron chi connectivity index (χ2n) is 11.0. The summed E-state index contributed by atoms with van der Waals surface area (Å²) in [4.78, 5) is 29.3. The van der Waals surface area contributed by atoms with E-state index in [0.717, 1.165) is 44.9 Å². The van der Waals surface area contributed by atoms with Crippen molar-refractivity contribution in [3.63, 3.8) is 0 Å². The molecule has 4 N–H and O–H groups in total. The van der Waals surface area contributed by atoms with Crippen LogP contribution in [0.5, 0.6) is 0 Å². The van der Waals surface area contributed by atoms with Crippen LogP contribution in [0.4, 0.5) is 4.79 Å². The lowest BCUT2D eigenvalue weighted by Crippen LogP contribution is -2.59. The van der Waals surface area contributed by atoms with Gasteiger partial charge < -0.3 is 26.0 Å². The lowest BCUT2D eigenvalue weighted by molar-refractivity contribution is -0.126. The van der Waals surface area contributed by atoms with E-state index in [1.54, 1.807) is 18.7 Å². The molecule has 7 heteroatoms. The molecule has 1 heterocycles. The zero-order chi connectivity index (χ0) is 23.2. The van der Waals surface area contributed by atoms with Gasteiger partial charge in [-0.3, -0.25) is 4.79 Å². The van der Waals surface area contributed by atoms with Gasteiger partial charge in [0, 0.05) is 18.6 Å². The van der Waals surface area contributed by atoms with Crippen molar-refractivity contribution in [1.82, 2.24) is 15.1 Å². The monoisotopic (exact) mass is 442 g/mol. The SMILES string of the molecule is CN[C@]1(c2ccccc2)CC[C@@]2(CC1)CN(CC(C)(C)C(N)=O)C(=O)N2CC1(O)CCC1. The molecule has 32 heavy (non-hydrogen) atoms. The number of carbonyl (C=O) groups excluding carboxylic acids is 2. The summed E-state index contributed by atoms with van der Waals surface area (Å²) >= 11 is 0. The van der Waals surface area contributed by atoms with Crippen LogP contribution in [0.15, 0.2) is 30.3 Å². The number of β-amino-alcohol motifs (C(OH)–C–C–N with tert-alkyl or cyclic N) is 1. The Balaban J connectivity index is 1.60. The first-order valence-electron chi connectivity index (χ1n) is 11.9. The Bertz CT molecular complexity index is 857. The predicted molar refractivity (Wildman–Crippen MR) is 124 cm³/mol. The summed E-state index contributed by atoms with van der Waals surface area (Å²) in [6.45, 7) is 4.83. The van der Waals surface area contributed by atoms with Crippen molar-refractivity contribution in [2.24, 2.45) is 11.1 Å². The normalized spacial score (nSPS) is 29.9. The third kappa shape index (κ3) is 3.90. The molecule has 3 aliphatic rings. The van der Waals surface area contributed by atoms with E-state index in [4.69, 9.17) is 5.73 Å². The number of benzene rings is 1. The number of carbonyl (C=O) groups is 2. The maximum Gasteiger partial charge on any atom is 0.320 e. The van der Waals surface area contributed by atoms with Crippen LogP contribution in [0.2, 0.25) is 0 Å². The number of nitrogens with zero attached hydrogens (tertiary/aromatic N) is 2. The number of amides is 3. The van der Waals surface area contributed by atoms with Crippen LogP contribution >= 0.6 is 0 Å². The van der Waals surface area contributed by atoms with Crippen LogP contribution in [0.1, 0.15) is 64.4 Å². The largest absolute Gasteiger partial charge is 0.388 e. The van der Waals surface area contributed by atoms with Gasteiger partial charge >= 0.3 is 6.03 Å². The Labute approximate surface area is 191 Å². The Morgan fingerprint density at radius 2 is 1.75 bits per heavy atom. The molecule has 0 atom stereocenters. The molecule has 3 fully saturated rings. The summed E-state index contributed by atoms with van der Waals surface area (Å²) in [5, 5.41) is 14.5. The minimum atomic E-state index is -0.798. The molecule has 1 saturated heterocycles. The molecule has 2 aliphatic carbocycles. The summed E-state index contributed by atoms with van der Waals surface area (Å²) in [5.41, 5.74) is 4.86. The molecule has 1 aromatic rings. The van der Waals surface area contributed by atoms with Crippen molar-refractivity contribution in [2.45, 2.75) is 75.5 Å². The highest BCUT2D eigenvalue weighted by atomic mass is 16.3. The molecule has 0 aromatic heterocycles. The Hall–Kier alpha value is -2.12. The molecule has 4 rings (SSSR count). The molecule has 176 valence electrons. The smallest absolute Gasteiger partial charge is 0.320 e. The molecule has 0 radical (unpaired) electrons. The van der Waals surface area contributed by atoms with Crippen LogP contribution in [-0.2, 0) is 10.3 Å². The number of primary amides is 1. The van der Waals surface area contributed by atoms with E-state index in [2.05, 4.69) is 29.6 Å². The molecule has 0 bridgehead atoms. The van der Waals surface area contributed by atoms with Crippen molar-refractivity contribution in [3.8, 4) is 0 Å². The van der Waals surface area contributed by atoms with E-state index in [1.165, 1.54) is 5.56 Å². The zero-order valence-corrected chi connectivity index (χ0v) is 19.7. The Morgan fingerprint density at radius 3 is 2.25 bits per heavy atom. The van der Waals surface area contributed by atoms with Gasteiger partial charge in [0.1, 0.15) is 0 Å². The first kappa shape index (κ1) is 23.1. The minimum absolute atomic E-state index is 0.0729. The number of urea groups is 1. The van der Waals surface area contributed by atoms with Crippen molar-refractivity contribution >= 4 is 11.9 Å². The highest BCUT2D eigenvalue weighted by Crippen LogP contribution is 2.48. The number of nitrogens with one attached hydrogen (secondary N) is 1. The summed E-state index contributed by atoms with van der Waals surface area (Å²) in [7, 11) is 2.02. The molecule has 0 unspecified atom stereocenters. The standard InChI is InChI=1S/C25H38N4O3/c1-22(2,20(26)30)16-28-17-23(29(21(28)31)18-24(32)10-7-11-24)12-14-25(27-3,15-13-23)19-8-5-4-6-9-19/h4-6,8-9,27,32H,7,10-18H2,1-3H3,(H2,26,30)/t23-,25-. The van der Waals surface area contributed by atoms with Gasteiger partial charge in [-0.15, -0.1) is 0 Å². The number of nitrogens with two attached hydrogens (primary N) is 1. The molecule has 3 amide bonds. The van der Waals surface area contributed by atoms with Gasteiger partial charge in [0.2, 0.25) is 5.91 Å². The summed E-state index contributed by atoms with van der Waals surface area (Å²) in [6.07, 6.45) is 5.98. The van der Waals surface area contributed by atoms with Crippen LogP contribution < -0.4 is 11.1 Å². The first-order valence-corrected chi connectivity index (χ1v) is 11.9. The third-order valence-electron chi connectivity index (χ3n) is 8.39. The second kappa shape index (κ2) is 8.03. The predicted octanol–water partition coefficient (Wildman–Crippen LogP) is 2.58. The molecule has 1 aromatic carbocycles. The lowest BCUT2D eigenvalue weighted by atomic mass is 9.68. The van der Waals surface area contributed by atoms with E-state index >= 15 is 0 Å². The average Bonchev–Trinajstić information content (AvgIpc) is 2.99. The van der Waals surface area contributed by atoms with E-state index in [0.29, 0.717) is 19.6 Å². The number of aliphatic hydroxyl groups is 1. The van der Waals surface area contributed by atoms with Gasteiger partial charge in [-0.25, -0.2) is 4.79 Å². The van der Waals surface area contributed by atoms with Crippen LogP contribution in [0.3, 0.4) is 0 Å². The highest BCUT2D eigenvalue weighted by molar-refractivity contribution is 5.83. The quantitative estimate of drug-likeness (QED) is 0.604.